The summed E-state index contributed by atoms with van der Waals surface area (Å²) < 4.78 is 32.9. The van der Waals surface area contributed by atoms with E-state index in [2.05, 4.69) is 13.8 Å². The van der Waals surface area contributed by atoms with Gasteiger partial charge in [-0.2, -0.15) is 8.78 Å². The highest BCUT2D eigenvalue weighted by Gasteiger charge is 2.61. The van der Waals surface area contributed by atoms with Crippen LogP contribution >= 0.6 is 0 Å². The zero-order valence-electron chi connectivity index (χ0n) is 17.9. The molecule has 4 aliphatic rings. The molecule has 3 saturated carbocycles. The van der Waals surface area contributed by atoms with Crippen molar-refractivity contribution in [1.82, 2.24) is 0 Å². The second kappa shape index (κ2) is 7.38. The molecule has 0 bridgehead atoms. The van der Waals surface area contributed by atoms with Gasteiger partial charge in [-0.1, -0.05) is 13.8 Å². The van der Waals surface area contributed by atoms with Crippen LogP contribution in [0.15, 0.2) is 23.3 Å². The predicted octanol–water partition coefficient (Wildman–Crippen LogP) is 5.03. The molecule has 4 nitrogen and oxygen atoms in total. The summed E-state index contributed by atoms with van der Waals surface area (Å²) >= 11 is 0. The predicted molar refractivity (Wildman–Crippen MR) is 106 cm³/mol. The SMILES string of the molecule is CC(=O)OCC(=O)[C@H]1CC[C@H]2[C@@H]3CC(=C(F)F)C4=CC(=O)CC[C@]4(C)[C@H]3CC[C@]12C. The van der Waals surface area contributed by atoms with E-state index < -0.39 is 17.5 Å². The number of esters is 1. The van der Waals surface area contributed by atoms with Crippen LogP contribution in [-0.4, -0.2) is 24.1 Å². The van der Waals surface area contributed by atoms with Crippen LogP contribution in [0.4, 0.5) is 8.78 Å². The minimum Gasteiger partial charge on any atom is -0.458 e. The van der Waals surface area contributed by atoms with Crippen molar-refractivity contribution in [3.63, 3.8) is 0 Å². The lowest BCUT2D eigenvalue weighted by Crippen LogP contribution is -2.52. The van der Waals surface area contributed by atoms with Gasteiger partial charge in [0.25, 0.3) is 6.08 Å². The molecule has 0 saturated heterocycles. The summed E-state index contributed by atoms with van der Waals surface area (Å²) in [5, 5.41) is 0. The molecule has 6 heteroatoms. The molecule has 4 aliphatic carbocycles. The van der Waals surface area contributed by atoms with Gasteiger partial charge in [0.2, 0.25) is 0 Å². The van der Waals surface area contributed by atoms with Crippen molar-refractivity contribution in [2.45, 2.75) is 65.7 Å². The Morgan fingerprint density at radius 2 is 1.87 bits per heavy atom. The van der Waals surface area contributed by atoms with Crippen molar-refractivity contribution in [3.05, 3.63) is 23.3 Å². The van der Waals surface area contributed by atoms with Crippen LogP contribution in [0.2, 0.25) is 0 Å². The highest BCUT2D eigenvalue weighted by atomic mass is 19.3. The molecular formula is C24H30F2O4. The highest BCUT2D eigenvalue weighted by molar-refractivity contribution is 5.92. The van der Waals surface area contributed by atoms with Gasteiger partial charge >= 0.3 is 5.97 Å². The normalized spacial score (nSPS) is 40.1. The van der Waals surface area contributed by atoms with Gasteiger partial charge in [0.05, 0.1) is 0 Å². The van der Waals surface area contributed by atoms with Gasteiger partial charge in [0, 0.05) is 24.8 Å². The Labute approximate surface area is 176 Å². The molecule has 0 N–H and O–H groups in total. The molecular weight excluding hydrogens is 390 g/mol. The van der Waals surface area contributed by atoms with Gasteiger partial charge in [0.15, 0.2) is 11.6 Å². The second-order valence-electron chi connectivity index (χ2n) is 10.2. The number of fused-ring (bicyclic) bond motifs is 5. The molecule has 3 fully saturated rings. The molecule has 0 aromatic rings. The number of halogens is 2. The Kier molecular flexibility index (Phi) is 5.26. The van der Waals surface area contributed by atoms with Crippen molar-refractivity contribution < 1.29 is 27.9 Å². The van der Waals surface area contributed by atoms with Crippen molar-refractivity contribution in [2.24, 2.45) is 34.5 Å². The zero-order valence-corrected chi connectivity index (χ0v) is 17.9. The molecule has 6 atom stereocenters. The number of allylic oxidation sites excluding steroid dienone is 2. The fourth-order valence-corrected chi connectivity index (χ4v) is 7.42. The number of hydrogen-bond acceptors (Lipinski definition) is 4. The summed E-state index contributed by atoms with van der Waals surface area (Å²) in [7, 11) is 0. The van der Waals surface area contributed by atoms with Gasteiger partial charge in [-0.15, -0.1) is 0 Å². The van der Waals surface area contributed by atoms with E-state index in [0.717, 1.165) is 25.7 Å². The number of carbonyl (C=O) groups excluding carboxylic acids is 3. The highest BCUT2D eigenvalue weighted by Crippen LogP contribution is 2.67. The van der Waals surface area contributed by atoms with Crippen molar-refractivity contribution in [1.29, 1.82) is 0 Å². The Morgan fingerprint density at radius 1 is 1.13 bits per heavy atom. The van der Waals surface area contributed by atoms with E-state index in [1.165, 1.54) is 13.0 Å². The fourth-order valence-electron chi connectivity index (χ4n) is 7.42. The first-order valence-corrected chi connectivity index (χ1v) is 11.0. The number of rotatable bonds is 3. The lowest BCUT2D eigenvalue weighted by Gasteiger charge is -2.58. The molecule has 0 spiro atoms. The average molecular weight is 420 g/mol. The summed E-state index contributed by atoms with van der Waals surface area (Å²) in [5.41, 5.74) is -0.0374. The van der Waals surface area contributed by atoms with Gasteiger partial charge in [0.1, 0.15) is 6.61 Å². The second-order valence-corrected chi connectivity index (χ2v) is 10.2. The molecule has 0 aromatic heterocycles. The summed E-state index contributed by atoms with van der Waals surface area (Å²) in [6, 6.07) is 0. The number of ether oxygens (including phenoxy) is 1. The number of Topliss-reactive ketones (excluding diaryl/α,β-unsaturated/α-hetero) is 1. The van der Waals surface area contributed by atoms with E-state index in [-0.39, 0.29) is 59.3 Å². The van der Waals surface area contributed by atoms with E-state index in [0.29, 0.717) is 18.4 Å². The van der Waals surface area contributed by atoms with Crippen molar-refractivity contribution in [2.75, 3.05) is 6.61 Å². The first kappa shape index (κ1) is 21.4. The summed E-state index contributed by atoms with van der Waals surface area (Å²) in [4.78, 5) is 36.0. The molecule has 4 rings (SSSR count). The Morgan fingerprint density at radius 3 is 2.53 bits per heavy atom. The van der Waals surface area contributed by atoms with Crippen LogP contribution < -0.4 is 0 Å². The van der Waals surface area contributed by atoms with Crippen molar-refractivity contribution >= 4 is 17.5 Å². The van der Waals surface area contributed by atoms with Crippen LogP contribution in [0.1, 0.15) is 65.7 Å². The molecule has 0 aromatic carbocycles. The quantitative estimate of drug-likeness (QED) is 0.601. The Bertz CT molecular complexity index is 855. The molecule has 0 heterocycles. The summed E-state index contributed by atoms with van der Waals surface area (Å²) in [6.45, 7) is 5.28. The van der Waals surface area contributed by atoms with Gasteiger partial charge in [-0.05, 0) is 78.8 Å². The minimum absolute atomic E-state index is 0.0491. The molecule has 0 unspecified atom stereocenters. The zero-order chi connectivity index (χ0) is 21.8. The van der Waals surface area contributed by atoms with E-state index in [1.54, 1.807) is 0 Å². The van der Waals surface area contributed by atoms with Gasteiger partial charge in [-0.25, -0.2) is 0 Å². The number of carbonyl (C=O) groups is 3. The van der Waals surface area contributed by atoms with E-state index in [9.17, 15) is 23.2 Å². The summed E-state index contributed by atoms with van der Waals surface area (Å²) in [5.74, 6) is -0.242. The van der Waals surface area contributed by atoms with Crippen LogP contribution in [-0.2, 0) is 19.1 Å². The van der Waals surface area contributed by atoms with E-state index in [1.807, 2.05) is 0 Å². The Hall–Kier alpha value is -1.85. The van der Waals surface area contributed by atoms with Crippen LogP contribution in [0, 0.1) is 34.5 Å². The monoisotopic (exact) mass is 420 g/mol. The first-order valence-electron chi connectivity index (χ1n) is 11.0. The number of hydrogen-bond donors (Lipinski definition) is 0. The van der Waals surface area contributed by atoms with E-state index in [4.69, 9.17) is 4.74 Å². The molecule has 0 radical (unpaired) electrons. The molecule has 164 valence electrons. The minimum atomic E-state index is -1.67. The lowest BCUT2D eigenvalue weighted by molar-refractivity contribution is -0.149. The maximum atomic E-state index is 14.0. The smallest absolute Gasteiger partial charge is 0.303 e. The lowest BCUT2D eigenvalue weighted by atomic mass is 9.46. The van der Waals surface area contributed by atoms with Gasteiger partial charge < -0.3 is 4.74 Å². The number of ketones is 2. The third-order valence-corrected chi connectivity index (χ3v) is 8.87. The first-order chi connectivity index (χ1) is 14.1. The fraction of sp³-hybridized carbons (Fsp3) is 0.708. The van der Waals surface area contributed by atoms with Crippen LogP contribution in [0.5, 0.6) is 0 Å². The third kappa shape index (κ3) is 3.18. The summed E-state index contributed by atoms with van der Waals surface area (Å²) in [6.07, 6.45) is 4.41. The maximum absolute atomic E-state index is 14.0. The molecule has 0 aliphatic heterocycles. The standard InChI is InChI=1S/C24H30F2O4/c1-13(27)30-12-21(29)19-5-4-17-15-11-16(22(25)26)20-10-14(28)6-8-24(20,3)18(15)7-9-23(17,19)2/h10,15,17-19H,4-9,11-12H2,1-3H3/t15-,17-,18-,19+,23-,24+/m0/s1. The molecule has 30 heavy (non-hydrogen) atoms. The third-order valence-electron chi connectivity index (χ3n) is 8.87. The van der Waals surface area contributed by atoms with E-state index >= 15 is 0 Å². The van der Waals surface area contributed by atoms with Crippen LogP contribution in [0.25, 0.3) is 0 Å². The Balaban J connectivity index is 1.66. The van der Waals surface area contributed by atoms with Crippen molar-refractivity contribution in [3.8, 4) is 0 Å². The maximum Gasteiger partial charge on any atom is 0.303 e. The largest absolute Gasteiger partial charge is 0.458 e. The molecule has 0 amide bonds. The van der Waals surface area contributed by atoms with Crippen LogP contribution in [0.3, 0.4) is 0 Å². The van der Waals surface area contributed by atoms with Gasteiger partial charge in [-0.3, -0.25) is 14.4 Å². The topological polar surface area (TPSA) is 60.4 Å². The average Bonchev–Trinajstić information content (AvgIpc) is 3.03.